The van der Waals surface area contributed by atoms with Crippen molar-refractivity contribution in [2.24, 2.45) is 0 Å². The zero-order valence-corrected chi connectivity index (χ0v) is 17.8. The van der Waals surface area contributed by atoms with E-state index in [1.165, 1.54) is 11.1 Å². The number of rotatable bonds is 6. The summed E-state index contributed by atoms with van der Waals surface area (Å²) in [5, 5.41) is 8.79. The Hall–Kier alpha value is -2.90. The summed E-state index contributed by atoms with van der Waals surface area (Å²) in [4.78, 5) is 15.7. The van der Waals surface area contributed by atoms with Gasteiger partial charge in [-0.1, -0.05) is 36.4 Å². The molecular formula is C24H28N4O3. The first-order chi connectivity index (χ1) is 15.2. The van der Waals surface area contributed by atoms with E-state index in [4.69, 9.17) is 14.6 Å². The van der Waals surface area contributed by atoms with Crippen LogP contribution >= 0.6 is 0 Å². The Bertz CT molecular complexity index is 1090. The monoisotopic (exact) mass is 420 g/mol. The Labute approximate surface area is 181 Å². The minimum Gasteiger partial charge on any atom is -0.494 e. The lowest BCUT2D eigenvalue weighted by atomic mass is 10.1. The Morgan fingerprint density at radius 1 is 1.16 bits per heavy atom. The van der Waals surface area contributed by atoms with Gasteiger partial charge in [-0.3, -0.25) is 14.4 Å². The second-order valence-electron chi connectivity index (χ2n) is 8.15. The van der Waals surface area contributed by atoms with E-state index in [9.17, 15) is 4.79 Å². The average Bonchev–Trinajstić information content (AvgIpc) is 3.40. The van der Waals surface area contributed by atoms with E-state index in [0.717, 1.165) is 62.3 Å². The molecule has 0 bridgehead atoms. The van der Waals surface area contributed by atoms with E-state index < -0.39 is 0 Å². The quantitative estimate of drug-likeness (QED) is 0.664. The van der Waals surface area contributed by atoms with Gasteiger partial charge in [-0.25, -0.2) is 0 Å². The average molecular weight is 421 g/mol. The molecule has 5 rings (SSSR count). The van der Waals surface area contributed by atoms with Crippen molar-refractivity contribution >= 4 is 16.8 Å². The van der Waals surface area contributed by atoms with Crippen LogP contribution in [0.5, 0.6) is 5.75 Å². The number of hydrogen-bond acceptors (Lipinski definition) is 5. The number of fused-ring (bicyclic) bond motifs is 2. The van der Waals surface area contributed by atoms with E-state index in [2.05, 4.69) is 28.4 Å². The van der Waals surface area contributed by atoms with Crippen LogP contribution in [-0.2, 0) is 17.7 Å². The molecule has 0 spiro atoms. The lowest BCUT2D eigenvalue weighted by molar-refractivity contribution is 0.0361. The molecule has 0 saturated carbocycles. The predicted molar refractivity (Wildman–Crippen MR) is 119 cm³/mol. The topological polar surface area (TPSA) is 68.6 Å². The lowest BCUT2D eigenvalue weighted by Crippen LogP contribution is -2.38. The van der Waals surface area contributed by atoms with Gasteiger partial charge in [0.25, 0.3) is 5.91 Å². The summed E-state index contributed by atoms with van der Waals surface area (Å²) in [6.45, 7) is 4.92. The molecule has 162 valence electrons. The summed E-state index contributed by atoms with van der Waals surface area (Å²) >= 11 is 0. The number of benzene rings is 2. The maximum absolute atomic E-state index is 13.3. The van der Waals surface area contributed by atoms with Crippen molar-refractivity contribution in [3.05, 3.63) is 59.3 Å². The van der Waals surface area contributed by atoms with Gasteiger partial charge in [0, 0.05) is 25.0 Å². The first-order valence-electron chi connectivity index (χ1n) is 11.0. The molecule has 1 amide bonds. The van der Waals surface area contributed by atoms with Crippen LogP contribution in [0.25, 0.3) is 10.9 Å². The highest BCUT2D eigenvalue weighted by molar-refractivity contribution is 6.06. The summed E-state index contributed by atoms with van der Waals surface area (Å²) in [5.41, 5.74) is 3.86. The molecule has 1 aliphatic carbocycles. The van der Waals surface area contributed by atoms with Crippen molar-refractivity contribution in [3.8, 4) is 5.75 Å². The second-order valence-corrected chi connectivity index (χ2v) is 8.15. The Morgan fingerprint density at radius 2 is 2.00 bits per heavy atom. The molecule has 1 saturated heterocycles. The number of amides is 1. The molecule has 3 aromatic rings. The van der Waals surface area contributed by atoms with Crippen LogP contribution in [0.2, 0.25) is 0 Å². The van der Waals surface area contributed by atoms with Gasteiger partial charge in [-0.2, -0.15) is 5.10 Å². The number of nitrogens with zero attached hydrogens (tertiary/aromatic N) is 3. The SMILES string of the molecule is COc1cccc2c(C(=O)NC3CCc4ccccc43)nn(CCN3CCOCC3)c12. The minimum absolute atomic E-state index is 0.0304. The number of methoxy groups -OCH3 is 1. The molecule has 7 heteroatoms. The second kappa shape index (κ2) is 8.69. The van der Waals surface area contributed by atoms with Crippen molar-refractivity contribution in [1.29, 1.82) is 0 Å². The number of hydrogen-bond donors (Lipinski definition) is 1. The minimum atomic E-state index is -0.134. The fraction of sp³-hybridized carbons (Fsp3) is 0.417. The number of morpholine rings is 1. The Kier molecular flexibility index (Phi) is 5.61. The number of aromatic nitrogens is 2. The van der Waals surface area contributed by atoms with E-state index in [1.54, 1.807) is 7.11 Å². The smallest absolute Gasteiger partial charge is 0.272 e. The predicted octanol–water partition coefficient (Wildman–Crippen LogP) is 2.79. The van der Waals surface area contributed by atoms with Gasteiger partial charge in [0.15, 0.2) is 5.69 Å². The van der Waals surface area contributed by atoms with Crippen molar-refractivity contribution in [3.63, 3.8) is 0 Å². The summed E-state index contributed by atoms with van der Waals surface area (Å²) in [6, 6.07) is 14.2. The molecule has 7 nitrogen and oxygen atoms in total. The molecule has 1 unspecified atom stereocenters. The molecule has 1 aliphatic heterocycles. The van der Waals surface area contributed by atoms with Crippen LogP contribution in [0.3, 0.4) is 0 Å². The summed E-state index contributed by atoms with van der Waals surface area (Å²) in [6.07, 6.45) is 1.91. The number of aryl methyl sites for hydroxylation is 1. The first-order valence-corrected chi connectivity index (χ1v) is 11.0. The maximum Gasteiger partial charge on any atom is 0.272 e. The largest absolute Gasteiger partial charge is 0.494 e. The van der Waals surface area contributed by atoms with Crippen molar-refractivity contribution in [2.45, 2.75) is 25.4 Å². The van der Waals surface area contributed by atoms with E-state index in [0.29, 0.717) is 12.2 Å². The van der Waals surface area contributed by atoms with Gasteiger partial charge in [-0.05, 0) is 30.0 Å². The summed E-state index contributed by atoms with van der Waals surface area (Å²) in [5.74, 6) is 0.599. The van der Waals surface area contributed by atoms with Crippen molar-refractivity contribution in [2.75, 3.05) is 40.0 Å². The van der Waals surface area contributed by atoms with Gasteiger partial charge >= 0.3 is 0 Å². The van der Waals surface area contributed by atoms with Crippen LogP contribution in [-0.4, -0.2) is 60.5 Å². The molecule has 1 atom stereocenters. The van der Waals surface area contributed by atoms with Crippen LogP contribution < -0.4 is 10.1 Å². The van der Waals surface area contributed by atoms with E-state index in [1.807, 2.05) is 28.9 Å². The Morgan fingerprint density at radius 3 is 2.84 bits per heavy atom. The fourth-order valence-electron chi connectivity index (χ4n) is 4.69. The fourth-order valence-corrected chi connectivity index (χ4v) is 4.69. The Balaban J connectivity index is 1.42. The standard InChI is InChI=1S/C24H28N4O3/c1-30-21-8-4-7-19-22(24(29)25-20-10-9-17-5-2-3-6-18(17)20)26-28(23(19)21)12-11-27-13-15-31-16-14-27/h2-8,20H,9-16H2,1H3,(H,25,29). The number of nitrogens with one attached hydrogen (secondary N) is 1. The highest BCUT2D eigenvalue weighted by Gasteiger charge is 2.27. The zero-order chi connectivity index (χ0) is 21.2. The molecule has 31 heavy (non-hydrogen) atoms. The van der Waals surface area contributed by atoms with Crippen LogP contribution in [0.15, 0.2) is 42.5 Å². The van der Waals surface area contributed by atoms with Gasteiger partial charge in [-0.15, -0.1) is 0 Å². The summed E-state index contributed by atoms with van der Waals surface area (Å²) in [7, 11) is 1.66. The molecule has 2 aromatic carbocycles. The van der Waals surface area contributed by atoms with Crippen LogP contribution in [0, 0.1) is 0 Å². The highest BCUT2D eigenvalue weighted by atomic mass is 16.5. The van der Waals surface area contributed by atoms with Gasteiger partial charge in [0.1, 0.15) is 11.3 Å². The van der Waals surface area contributed by atoms with Crippen molar-refractivity contribution in [1.82, 2.24) is 20.0 Å². The third kappa shape index (κ3) is 3.91. The van der Waals surface area contributed by atoms with Crippen LogP contribution in [0.4, 0.5) is 0 Å². The zero-order valence-electron chi connectivity index (χ0n) is 17.8. The van der Waals surface area contributed by atoms with Gasteiger partial charge in [0.2, 0.25) is 0 Å². The molecule has 2 aliphatic rings. The molecule has 2 heterocycles. The third-order valence-corrected chi connectivity index (χ3v) is 6.34. The lowest BCUT2D eigenvalue weighted by Gasteiger charge is -2.26. The number of carbonyl (C=O) groups excluding carboxylic acids is 1. The van der Waals surface area contributed by atoms with Gasteiger partial charge < -0.3 is 14.8 Å². The molecule has 1 aromatic heterocycles. The molecule has 1 N–H and O–H groups in total. The normalized spacial score (nSPS) is 18.8. The molecular weight excluding hydrogens is 392 g/mol. The number of carbonyl (C=O) groups is 1. The number of para-hydroxylation sites is 1. The first kappa shape index (κ1) is 20.0. The number of ether oxygens (including phenoxy) is 2. The molecule has 1 fully saturated rings. The maximum atomic E-state index is 13.3. The highest BCUT2D eigenvalue weighted by Crippen LogP contribution is 2.32. The third-order valence-electron chi connectivity index (χ3n) is 6.34. The van der Waals surface area contributed by atoms with Crippen molar-refractivity contribution < 1.29 is 14.3 Å². The van der Waals surface area contributed by atoms with E-state index in [-0.39, 0.29) is 11.9 Å². The molecule has 0 radical (unpaired) electrons. The van der Waals surface area contributed by atoms with Crippen LogP contribution in [0.1, 0.15) is 34.1 Å². The van der Waals surface area contributed by atoms with E-state index >= 15 is 0 Å². The van der Waals surface area contributed by atoms with Gasteiger partial charge in [0.05, 0.1) is 32.9 Å². The summed E-state index contributed by atoms with van der Waals surface area (Å²) < 4.78 is 13.0.